The lowest BCUT2D eigenvalue weighted by Crippen LogP contribution is -2.17. The monoisotopic (exact) mass is 536 g/mol. The second kappa shape index (κ2) is 9.86. The molecule has 0 aliphatic carbocycles. The maximum absolute atomic E-state index is 13.4. The van der Waals surface area contributed by atoms with Crippen LogP contribution in [0.2, 0.25) is 5.02 Å². The van der Waals surface area contributed by atoms with Gasteiger partial charge in [0.2, 0.25) is 5.95 Å². The zero-order valence-electron chi connectivity index (χ0n) is 17.5. The van der Waals surface area contributed by atoms with Gasteiger partial charge in [0, 0.05) is 11.9 Å². The van der Waals surface area contributed by atoms with Gasteiger partial charge in [0.1, 0.15) is 16.5 Å². The molecular weight excluding hydrogens is 520 g/mol. The minimum Gasteiger partial charge on any atom is -0.455 e. The van der Waals surface area contributed by atoms with Crippen molar-refractivity contribution in [2.45, 2.75) is 18.1 Å². The number of hydrogen-bond acceptors (Lipinski definition) is 5. The number of carbonyl (C=O) groups is 1. The predicted molar refractivity (Wildman–Crippen MR) is 123 cm³/mol. The number of nitrogens with one attached hydrogen (secondary N) is 1. The largest absolute Gasteiger partial charge is 0.455 e. The highest BCUT2D eigenvalue weighted by Gasteiger charge is 2.35. The number of nitrogens with two attached hydrogens (primary N) is 1. The fourth-order valence-electron chi connectivity index (χ4n) is 2.72. The Morgan fingerprint density at radius 1 is 1.21 bits per heavy atom. The van der Waals surface area contributed by atoms with E-state index >= 15 is 0 Å². The molecule has 3 rings (SSSR count). The summed E-state index contributed by atoms with van der Waals surface area (Å²) in [4.78, 5) is 20.5. The quantitative estimate of drug-likeness (QED) is 0.252. The highest BCUT2D eigenvalue weighted by molar-refractivity contribution is 8.38. The molecule has 0 aliphatic rings. The first-order chi connectivity index (χ1) is 15.8. The van der Waals surface area contributed by atoms with Crippen LogP contribution in [0, 0.1) is 12.9 Å². The van der Waals surface area contributed by atoms with E-state index in [1.54, 1.807) is 6.26 Å². The summed E-state index contributed by atoms with van der Waals surface area (Å²) < 4.78 is 71.5. The Bertz CT molecular complexity index is 1390. The smallest absolute Gasteiger partial charge is 0.417 e. The van der Waals surface area contributed by atoms with Crippen molar-refractivity contribution in [2.75, 3.05) is 11.6 Å². The van der Waals surface area contributed by atoms with Gasteiger partial charge in [0.15, 0.2) is 0 Å². The number of hydrogen-bond donors (Lipinski definition) is 3. The highest BCUT2D eigenvalue weighted by atomic mass is 35.5. The van der Waals surface area contributed by atoms with Crippen LogP contribution in [0.15, 0.2) is 47.6 Å². The van der Waals surface area contributed by atoms with E-state index < -0.39 is 43.0 Å². The zero-order valence-corrected chi connectivity index (χ0v) is 20.0. The average Bonchev–Trinajstić information content (AvgIpc) is 2.75. The molecule has 0 saturated heterocycles. The van der Waals surface area contributed by atoms with Crippen molar-refractivity contribution in [2.24, 2.45) is 5.14 Å². The van der Waals surface area contributed by atoms with Crippen LogP contribution in [0.3, 0.4) is 0 Å². The average molecular weight is 537 g/mol. The summed E-state index contributed by atoms with van der Waals surface area (Å²) in [5, 5.41) is 7.49. The second-order valence-electron chi connectivity index (χ2n) is 6.73. The topological polar surface area (TPSA) is 107 Å². The number of benzene rings is 1. The second-order valence-corrected chi connectivity index (χ2v) is 11.8. The summed E-state index contributed by atoms with van der Waals surface area (Å²) in [7, 11) is -2.59. The highest BCUT2D eigenvalue weighted by Crippen LogP contribution is 2.40. The standard InChI is InChI=1S/C20H17ClF4N4O3S2/c1-10-15(3-4-17(22)28-10)32-16-9-13(20(23,24)25)14(21)8-12(16)19(30)29-11-5-6-27-18(7-11)34(26,31)33-2/h3-9,33H,1-2H3,(H2,26,31)(H,27,29,30)/t34-/m0/s1. The van der Waals surface area contributed by atoms with Crippen LogP contribution in [0.1, 0.15) is 21.6 Å². The third-order valence-electron chi connectivity index (χ3n) is 4.41. The Balaban J connectivity index is 2.06. The molecule has 0 bridgehead atoms. The SMILES string of the molecule is C[SH]=[S@@](N)(=O)c1cc(NC(=O)c2cc(Cl)c(C(F)(F)F)cc2Oc2ccc(F)nc2C)ccn1. The lowest BCUT2D eigenvalue weighted by molar-refractivity contribution is -0.137. The molecule has 0 aliphatic heterocycles. The van der Waals surface area contributed by atoms with Crippen molar-refractivity contribution in [3.63, 3.8) is 0 Å². The molecule has 0 fully saturated rings. The molecule has 2 aromatic heterocycles. The summed E-state index contributed by atoms with van der Waals surface area (Å²) in [5.74, 6) is -2.25. The zero-order chi connectivity index (χ0) is 25.3. The molecule has 1 aromatic carbocycles. The van der Waals surface area contributed by atoms with Gasteiger partial charge in [-0.3, -0.25) is 4.79 Å². The van der Waals surface area contributed by atoms with E-state index in [-0.39, 0.29) is 27.7 Å². The van der Waals surface area contributed by atoms with E-state index in [1.807, 2.05) is 0 Å². The van der Waals surface area contributed by atoms with Gasteiger partial charge < -0.3 is 10.1 Å². The number of aromatic nitrogens is 2. The van der Waals surface area contributed by atoms with Gasteiger partial charge in [0.25, 0.3) is 5.91 Å². The summed E-state index contributed by atoms with van der Waals surface area (Å²) in [6.07, 6.45) is -1.98. The predicted octanol–water partition coefficient (Wildman–Crippen LogP) is 4.52. The molecule has 3 aromatic rings. The fraction of sp³-hybridized carbons (Fsp3) is 0.150. The van der Waals surface area contributed by atoms with Gasteiger partial charge in [-0.05, 0) is 49.6 Å². The number of halogens is 5. The Kier molecular flexibility index (Phi) is 7.50. The van der Waals surface area contributed by atoms with E-state index in [1.165, 1.54) is 25.3 Å². The molecular formula is C20H17ClF4N4O3S2. The number of ether oxygens (including phenoxy) is 1. The number of nitrogens with zero attached hydrogens (tertiary/aromatic N) is 2. The van der Waals surface area contributed by atoms with Crippen molar-refractivity contribution in [3.8, 4) is 11.5 Å². The number of anilines is 1. The van der Waals surface area contributed by atoms with Gasteiger partial charge in [-0.1, -0.05) is 11.6 Å². The van der Waals surface area contributed by atoms with Crippen LogP contribution < -0.4 is 15.2 Å². The molecule has 0 unspecified atom stereocenters. The van der Waals surface area contributed by atoms with Crippen LogP contribution in [0.5, 0.6) is 11.5 Å². The minimum absolute atomic E-state index is 0.0319. The van der Waals surface area contributed by atoms with E-state index in [0.29, 0.717) is 16.4 Å². The van der Waals surface area contributed by atoms with Crippen LogP contribution >= 0.6 is 11.6 Å². The molecule has 1 atom stereocenters. The van der Waals surface area contributed by atoms with Crippen LogP contribution in [-0.2, 0) is 25.2 Å². The van der Waals surface area contributed by atoms with E-state index in [4.69, 9.17) is 21.5 Å². The van der Waals surface area contributed by atoms with Crippen molar-refractivity contribution in [1.29, 1.82) is 0 Å². The van der Waals surface area contributed by atoms with E-state index in [9.17, 15) is 26.6 Å². The molecule has 0 radical (unpaired) electrons. The van der Waals surface area contributed by atoms with E-state index in [0.717, 1.165) is 18.2 Å². The summed E-state index contributed by atoms with van der Waals surface area (Å²) in [6.45, 7) is 1.38. The Morgan fingerprint density at radius 2 is 1.91 bits per heavy atom. The van der Waals surface area contributed by atoms with Gasteiger partial charge >= 0.3 is 6.18 Å². The van der Waals surface area contributed by atoms with Crippen molar-refractivity contribution in [1.82, 2.24) is 9.97 Å². The number of aryl methyl sites for hydroxylation is 1. The third-order valence-corrected chi connectivity index (χ3v) is 8.27. The lowest BCUT2D eigenvalue weighted by atomic mass is 10.1. The van der Waals surface area contributed by atoms with Crippen molar-refractivity contribution >= 4 is 42.2 Å². The third kappa shape index (κ3) is 5.84. The van der Waals surface area contributed by atoms with Crippen LogP contribution in [-0.4, -0.2) is 26.3 Å². The molecule has 182 valence electrons. The number of carbonyl (C=O) groups excluding carboxylic acids is 1. The molecule has 14 heteroatoms. The normalized spacial score (nSPS) is 13.3. The molecule has 0 saturated carbocycles. The lowest BCUT2D eigenvalue weighted by Gasteiger charge is -2.17. The molecule has 0 spiro atoms. The Labute approximate surface area is 200 Å². The maximum Gasteiger partial charge on any atom is 0.417 e. The first kappa shape index (κ1) is 25.9. The van der Waals surface area contributed by atoms with Gasteiger partial charge in [-0.15, -0.1) is 10.3 Å². The molecule has 1 amide bonds. The van der Waals surface area contributed by atoms with Gasteiger partial charge in [-0.25, -0.2) is 19.3 Å². The molecule has 3 N–H and O–H groups in total. The summed E-state index contributed by atoms with van der Waals surface area (Å²) in [5.41, 5.74) is -1.39. The first-order valence-electron chi connectivity index (χ1n) is 9.24. The number of amides is 1. The van der Waals surface area contributed by atoms with Crippen molar-refractivity contribution in [3.05, 3.63) is 70.4 Å². The Morgan fingerprint density at radius 3 is 2.53 bits per heavy atom. The maximum atomic E-state index is 13.4. The molecule has 34 heavy (non-hydrogen) atoms. The van der Waals surface area contributed by atoms with Crippen molar-refractivity contribution < 1.29 is 31.3 Å². The fourth-order valence-corrected chi connectivity index (χ4v) is 4.54. The van der Waals surface area contributed by atoms with Crippen LogP contribution in [0.25, 0.3) is 0 Å². The first-order valence-corrected chi connectivity index (χ1v) is 13.2. The minimum atomic E-state index is -4.83. The summed E-state index contributed by atoms with van der Waals surface area (Å²) >= 11 is 5.81. The van der Waals surface area contributed by atoms with Gasteiger partial charge in [-0.2, -0.15) is 17.6 Å². The summed E-state index contributed by atoms with van der Waals surface area (Å²) in [6, 6.07) is 6.17. The van der Waals surface area contributed by atoms with Gasteiger partial charge in [0.05, 0.1) is 30.5 Å². The number of alkyl halides is 3. The Hall–Kier alpha value is -2.74. The van der Waals surface area contributed by atoms with E-state index in [2.05, 4.69) is 15.3 Å². The van der Waals surface area contributed by atoms with Crippen LogP contribution in [0.4, 0.5) is 23.2 Å². The number of pyridine rings is 2. The number of rotatable bonds is 5. The number of thiol groups is 1. The molecule has 7 nitrogen and oxygen atoms in total. The molecule has 2 heterocycles.